The smallest absolute Gasteiger partial charge is 0.135 e. The fraction of sp³-hybridized carbons (Fsp3) is 0.818. The van der Waals surface area contributed by atoms with Crippen LogP contribution in [0.15, 0.2) is 0 Å². The highest BCUT2D eigenvalue weighted by Crippen LogP contribution is 2.14. The molecule has 0 saturated carbocycles. The Kier molecular flexibility index (Phi) is 6.89. The number of carbonyl (C=O) groups excluding carboxylic acids is 2. The van der Waals surface area contributed by atoms with Gasteiger partial charge in [-0.25, -0.2) is 0 Å². The predicted octanol–water partition coefficient (Wildman–Crippen LogP) is 2.52. The van der Waals surface area contributed by atoms with E-state index in [1.54, 1.807) is 6.92 Å². The largest absolute Gasteiger partial charge is 0.300 e. The maximum absolute atomic E-state index is 11.5. The summed E-state index contributed by atoms with van der Waals surface area (Å²) in [6.45, 7) is 5.50. The molecule has 2 nitrogen and oxygen atoms in total. The number of hydrogen-bond donors (Lipinski definition) is 1. The lowest BCUT2D eigenvalue weighted by atomic mass is 9.94. The fourth-order valence-corrected chi connectivity index (χ4v) is 1.65. The topological polar surface area (TPSA) is 34.1 Å². The summed E-state index contributed by atoms with van der Waals surface area (Å²) < 4.78 is 0. The molecule has 0 radical (unpaired) electrons. The molecule has 0 aliphatic heterocycles. The zero-order valence-electron chi connectivity index (χ0n) is 9.25. The third-order valence-electron chi connectivity index (χ3n) is 2.70. The summed E-state index contributed by atoms with van der Waals surface area (Å²) in [4.78, 5) is 22.5. The second kappa shape index (κ2) is 7.04. The highest BCUT2D eigenvalue weighted by Gasteiger charge is 2.16. The summed E-state index contributed by atoms with van der Waals surface area (Å²) >= 11 is 4.10. The first-order valence-corrected chi connectivity index (χ1v) is 5.80. The number of hydrogen-bond acceptors (Lipinski definition) is 3. The molecule has 0 fully saturated rings. The molecule has 0 aromatic rings. The van der Waals surface area contributed by atoms with Gasteiger partial charge < -0.3 is 0 Å². The molecule has 0 bridgehead atoms. The molecule has 0 saturated heterocycles. The van der Waals surface area contributed by atoms with Crippen molar-refractivity contribution in [2.75, 3.05) is 5.75 Å². The van der Waals surface area contributed by atoms with Crippen molar-refractivity contribution in [2.45, 2.75) is 40.0 Å². The lowest BCUT2D eigenvalue weighted by Gasteiger charge is -2.11. The number of Topliss-reactive ketones (excluding diaryl/α,β-unsaturated/α-hetero) is 2. The molecule has 0 aromatic heterocycles. The molecule has 0 heterocycles. The first-order valence-electron chi connectivity index (χ1n) is 5.16. The number of carbonyl (C=O) groups is 2. The summed E-state index contributed by atoms with van der Waals surface area (Å²) in [7, 11) is 0. The zero-order chi connectivity index (χ0) is 11.1. The minimum absolute atomic E-state index is 0.0497. The van der Waals surface area contributed by atoms with Gasteiger partial charge in [0.1, 0.15) is 11.6 Å². The summed E-state index contributed by atoms with van der Waals surface area (Å²) in [5.41, 5.74) is 0. The third kappa shape index (κ3) is 4.80. The Morgan fingerprint density at radius 2 is 1.93 bits per heavy atom. The Morgan fingerprint density at radius 1 is 1.36 bits per heavy atom. The number of ketones is 2. The van der Waals surface area contributed by atoms with E-state index in [4.69, 9.17) is 0 Å². The molecule has 2 atom stereocenters. The normalized spacial score (nSPS) is 14.9. The lowest BCUT2D eigenvalue weighted by molar-refractivity contribution is -0.123. The van der Waals surface area contributed by atoms with Gasteiger partial charge in [0, 0.05) is 18.3 Å². The van der Waals surface area contributed by atoms with Crippen LogP contribution in [0.25, 0.3) is 0 Å². The van der Waals surface area contributed by atoms with Gasteiger partial charge in [0.25, 0.3) is 0 Å². The van der Waals surface area contributed by atoms with Crippen LogP contribution in [0, 0.1) is 11.8 Å². The number of rotatable bonds is 7. The molecule has 82 valence electrons. The van der Waals surface area contributed by atoms with Crippen LogP contribution in [0.5, 0.6) is 0 Å². The standard InChI is InChI=1S/C11H20O2S/c1-4-8(2)11(13)6-5-10(7-14)9(3)12/h8,10,14H,4-7H2,1-3H3/t8-,10+/m1/s1. The van der Waals surface area contributed by atoms with Crippen molar-refractivity contribution in [3.05, 3.63) is 0 Å². The van der Waals surface area contributed by atoms with Crippen molar-refractivity contribution < 1.29 is 9.59 Å². The lowest BCUT2D eigenvalue weighted by Crippen LogP contribution is -2.17. The maximum Gasteiger partial charge on any atom is 0.135 e. The van der Waals surface area contributed by atoms with Crippen molar-refractivity contribution in [1.82, 2.24) is 0 Å². The average Bonchev–Trinajstić information content (AvgIpc) is 2.16. The maximum atomic E-state index is 11.5. The van der Waals surface area contributed by atoms with Gasteiger partial charge in [0.05, 0.1) is 0 Å². The van der Waals surface area contributed by atoms with Crippen LogP contribution in [0.1, 0.15) is 40.0 Å². The van der Waals surface area contributed by atoms with E-state index < -0.39 is 0 Å². The van der Waals surface area contributed by atoms with Crippen molar-refractivity contribution in [1.29, 1.82) is 0 Å². The minimum Gasteiger partial charge on any atom is -0.300 e. The molecule has 0 amide bonds. The molecular weight excluding hydrogens is 196 g/mol. The van der Waals surface area contributed by atoms with Crippen molar-refractivity contribution in [3.63, 3.8) is 0 Å². The average molecular weight is 216 g/mol. The van der Waals surface area contributed by atoms with E-state index in [-0.39, 0.29) is 23.4 Å². The van der Waals surface area contributed by atoms with Gasteiger partial charge in [-0.2, -0.15) is 12.6 Å². The van der Waals surface area contributed by atoms with E-state index in [2.05, 4.69) is 12.6 Å². The van der Waals surface area contributed by atoms with Crippen molar-refractivity contribution in [3.8, 4) is 0 Å². The fourth-order valence-electron chi connectivity index (χ4n) is 1.21. The first-order chi connectivity index (χ1) is 6.52. The van der Waals surface area contributed by atoms with Gasteiger partial charge in [-0.1, -0.05) is 13.8 Å². The molecule has 0 N–H and O–H groups in total. The molecule has 0 spiro atoms. The Bertz CT molecular complexity index is 201. The summed E-state index contributed by atoms with van der Waals surface area (Å²) in [6, 6.07) is 0. The van der Waals surface area contributed by atoms with Gasteiger partial charge >= 0.3 is 0 Å². The molecule has 14 heavy (non-hydrogen) atoms. The molecular formula is C11H20O2S. The van der Waals surface area contributed by atoms with Crippen LogP contribution in [0.4, 0.5) is 0 Å². The van der Waals surface area contributed by atoms with E-state index in [1.165, 1.54) is 0 Å². The Morgan fingerprint density at radius 3 is 2.29 bits per heavy atom. The summed E-state index contributed by atoms with van der Waals surface area (Å²) in [5.74, 6) is 1.02. The number of thiol groups is 1. The Labute approximate surface area is 91.9 Å². The summed E-state index contributed by atoms with van der Waals surface area (Å²) in [5, 5.41) is 0. The SMILES string of the molecule is CC[C@@H](C)C(=O)CC[C@@H](CS)C(C)=O. The monoisotopic (exact) mass is 216 g/mol. The molecule has 3 heteroatoms. The van der Waals surface area contributed by atoms with Crippen LogP contribution in [0.3, 0.4) is 0 Å². The molecule has 0 aliphatic carbocycles. The highest BCUT2D eigenvalue weighted by atomic mass is 32.1. The minimum atomic E-state index is -0.0497. The van der Waals surface area contributed by atoms with Crippen molar-refractivity contribution in [2.24, 2.45) is 11.8 Å². The zero-order valence-corrected chi connectivity index (χ0v) is 10.1. The van der Waals surface area contributed by atoms with Crippen molar-refractivity contribution >= 4 is 24.2 Å². The molecule has 0 aliphatic rings. The van der Waals surface area contributed by atoms with Gasteiger partial charge in [-0.3, -0.25) is 9.59 Å². The Balaban J connectivity index is 3.91. The van der Waals surface area contributed by atoms with Gasteiger partial charge in [0.2, 0.25) is 0 Å². The highest BCUT2D eigenvalue weighted by molar-refractivity contribution is 7.80. The molecule has 0 unspecified atom stereocenters. The van der Waals surface area contributed by atoms with Crippen LogP contribution in [-0.4, -0.2) is 17.3 Å². The second-order valence-corrected chi connectivity index (χ2v) is 4.17. The van der Waals surface area contributed by atoms with E-state index in [9.17, 15) is 9.59 Å². The van der Waals surface area contributed by atoms with Crippen LogP contribution < -0.4 is 0 Å². The van der Waals surface area contributed by atoms with Gasteiger partial charge in [-0.05, 0) is 25.5 Å². The van der Waals surface area contributed by atoms with Crippen LogP contribution in [-0.2, 0) is 9.59 Å². The van der Waals surface area contributed by atoms with Crippen LogP contribution in [0.2, 0.25) is 0 Å². The van der Waals surface area contributed by atoms with E-state index >= 15 is 0 Å². The molecule has 0 aromatic carbocycles. The third-order valence-corrected chi connectivity index (χ3v) is 3.14. The quantitative estimate of drug-likeness (QED) is 0.663. The van der Waals surface area contributed by atoms with E-state index in [1.807, 2.05) is 13.8 Å². The first kappa shape index (κ1) is 13.7. The molecule has 0 rings (SSSR count). The predicted molar refractivity (Wildman–Crippen MR) is 61.7 cm³/mol. The Hall–Kier alpha value is -0.310. The van der Waals surface area contributed by atoms with E-state index in [0.29, 0.717) is 18.6 Å². The van der Waals surface area contributed by atoms with E-state index in [0.717, 1.165) is 6.42 Å². The van der Waals surface area contributed by atoms with Gasteiger partial charge in [0.15, 0.2) is 0 Å². The summed E-state index contributed by atoms with van der Waals surface area (Å²) in [6.07, 6.45) is 2.05. The van der Waals surface area contributed by atoms with Crippen LogP contribution >= 0.6 is 12.6 Å². The van der Waals surface area contributed by atoms with Gasteiger partial charge in [-0.15, -0.1) is 0 Å². The second-order valence-electron chi connectivity index (χ2n) is 3.80.